The van der Waals surface area contributed by atoms with Gasteiger partial charge in [0.15, 0.2) is 0 Å². The Morgan fingerprint density at radius 2 is 2.11 bits per heavy atom. The first-order valence-electron chi connectivity index (χ1n) is 6.95. The summed E-state index contributed by atoms with van der Waals surface area (Å²) in [4.78, 5) is 0. The molecule has 0 saturated heterocycles. The lowest BCUT2D eigenvalue weighted by atomic mass is 10.1. The third-order valence-corrected chi connectivity index (χ3v) is 3.27. The highest BCUT2D eigenvalue weighted by atomic mass is 16.5. The van der Waals surface area contributed by atoms with Crippen LogP contribution < -0.4 is 15.4 Å². The summed E-state index contributed by atoms with van der Waals surface area (Å²) in [7, 11) is 1.71. The molecule has 0 radical (unpaired) electrons. The molecule has 2 rings (SSSR count). The second-order valence-electron chi connectivity index (χ2n) is 4.93. The van der Waals surface area contributed by atoms with Crippen molar-refractivity contribution in [2.75, 3.05) is 26.7 Å². The van der Waals surface area contributed by atoms with Gasteiger partial charge in [-0.15, -0.1) is 0 Å². The summed E-state index contributed by atoms with van der Waals surface area (Å²) in [5.41, 5.74) is 1.33. The third kappa shape index (κ3) is 5.07. The van der Waals surface area contributed by atoms with Gasteiger partial charge in [-0.2, -0.15) is 0 Å². The van der Waals surface area contributed by atoms with Crippen LogP contribution in [0.25, 0.3) is 0 Å². The van der Waals surface area contributed by atoms with Crippen molar-refractivity contribution in [1.82, 2.24) is 10.6 Å². The molecule has 1 aromatic carbocycles. The Balaban J connectivity index is 1.51. The number of hydrogen-bond acceptors (Lipinski definition) is 3. The maximum atomic E-state index is 5.21. The van der Waals surface area contributed by atoms with Crippen molar-refractivity contribution < 1.29 is 4.74 Å². The fraction of sp³-hybridized carbons (Fsp3) is 0.600. The van der Waals surface area contributed by atoms with Gasteiger partial charge in [0.05, 0.1) is 7.11 Å². The Morgan fingerprint density at radius 3 is 2.89 bits per heavy atom. The molecule has 0 bridgehead atoms. The molecule has 1 aliphatic rings. The predicted octanol–water partition coefficient (Wildman–Crippen LogP) is 1.97. The smallest absolute Gasteiger partial charge is 0.119 e. The van der Waals surface area contributed by atoms with Crippen LogP contribution in [0.1, 0.15) is 24.8 Å². The van der Waals surface area contributed by atoms with Gasteiger partial charge in [-0.3, -0.25) is 0 Å². The van der Waals surface area contributed by atoms with E-state index in [1.165, 1.54) is 24.8 Å². The van der Waals surface area contributed by atoms with Gasteiger partial charge in [-0.05, 0) is 63.0 Å². The largest absolute Gasteiger partial charge is 0.497 e. The van der Waals surface area contributed by atoms with E-state index in [0.717, 1.165) is 37.8 Å². The minimum absolute atomic E-state index is 0.835. The van der Waals surface area contributed by atoms with Gasteiger partial charge in [-0.1, -0.05) is 12.1 Å². The number of nitrogens with one attached hydrogen (secondary N) is 2. The maximum Gasteiger partial charge on any atom is 0.119 e. The van der Waals surface area contributed by atoms with E-state index >= 15 is 0 Å². The zero-order valence-electron chi connectivity index (χ0n) is 11.2. The van der Waals surface area contributed by atoms with Gasteiger partial charge in [0, 0.05) is 6.04 Å². The summed E-state index contributed by atoms with van der Waals surface area (Å²) >= 11 is 0. The van der Waals surface area contributed by atoms with E-state index in [1.807, 2.05) is 12.1 Å². The highest BCUT2D eigenvalue weighted by Crippen LogP contribution is 2.18. The summed E-state index contributed by atoms with van der Waals surface area (Å²) < 4.78 is 5.21. The van der Waals surface area contributed by atoms with Gasteiger partial charge in [-0.25, -0.2) is 0 Å². The Bertz CT molecular complexity index is 350. The minimum atomic E-state index is 0.835. The van der Waals surface area contributed by atoms with E-state index in [-0.39, 0.29) is 0 Å². The normalized spacial score (nSPS) is 14.7. The van der Waals surface area contributed by atoms with Gasteiger partial charge in [0.1, 0.15) is 5.75 Å². The molecular formula is C15H24N2O. The standard InChI is InChI=1S/C15H24N2O/c1-18-15-5-2-4-13(12-15)8-11-16-9-3-10-17-14-6-7-14/h2,4-5,12,14,16-17H,3,6-11H2,1H3. The summed E-state index contributed by atoms with van der Waals surface area (Å²) in [6.45, 7) is 3.29. The van der Waals surface area contributed by atoms with Crippen LogP contribution in [0.4, 0.5) is 0 Å². The molecule has 0 aromatic heterocycles. The van der Waals surface area contributed by atoms with Crippen molar-refractivity contribution in [3.63, 3.8) is 0 Å². The predicted molar refractivity (Wildman–Crippen MR) is 75.2 cm³/mol. The van der Waals surface area contributed by atoms with Crippen LogP contribution in [0, 0.1) is 0 Å². The van der Waals surface area contributed by atoms with E-state index in [4.69, 9.17) is 4.74 Å². The third-order valence-electron chi connectivity index (χ3n) is 3.27. The molecule has 3 nitrogen and oxygen atoms in total. The van der Waals surface area contributed by atoms with Crippen molar-refractivity contribution in [2.45, 2.75) is 31.7 Å². The Kier molecular flexibility index (Phi) is 5.49. The van der Waals surface area contributed by atoms with E-state index in [2.05, 4.69) is 22.8 Å². The monoisotopic (exact) mass is 248 g/mol. The van der Waals surface area contributed by atoms with Crippen molar-refractivity contribution in [3.8, 4) is 5.75 Å². The molecule has 1 aliphatic carbocycles. The van der Waals surface area contributed by atoms with Crippen LogP contribution in [0.3, 0.4) is 0 Å². The van der Waals surface area contributed by atoms with Crippen LogP contribution in [0.15, 0.2) is 24.3 Å². The molecule has 0 atom stereocenters. The molecule has 1 aromatic rings. The SMILES string of the molecule is COc1cccc(CCNCCCNC2CC2)c1. The van der Waals surface area contributed by atoms with Gasteiger partial charge >= 0.3 is 0 Å². The minimum Gasteiger partial charge on any atom is -0.497 e. The Morgan fingerprint density at radius 1 is 1.22 bits per heavy atom. The summed E-state index contributed by atoms with van der Waals surface area (Å²) in [6, 6.07) is 9.13. The van der Waals surface area contributed by atoms with Crippen LogP contribution in [-0.4, -0.2) is 32.8 Å². The lowest BCUT2D eigenvalue weighted by Crippen LogP contribution is -2.24. The average molecular weight is 248 g/mol. The Hall–Kier alpha value is -1.06. The molecule has 1 fully saturated rings. The molecule has 3 heteroatoms. The number of rotatable bonds is 9. The Labute approximate surface area is 110 Å². The lowest BCUT2D eigenvalue weighted by molar-refractivity contribution is 0.414. The van der Waals surface area contributed by atoms with Crippen LogP contribution in [0.2, 0.25) is 0 Å². The summed E-state index contributed by atoms with van der Waals surface area (Å²) in [5, 5.41) is 7.01. The van der Waals surface area contributed by atoms with E-state index < -0.39 is 0 Å². The maximum absolute atomic E-state index is 5.21. The van der Waals surface area contributed by atoms with Gasteiger partial charge in [0.2, 0.25) is 0 Å². The first-order chi connectivity index (χ1) is 8.88. The molecular weight excluding hydrogens is 224 g/mol. The molecule has 0 aliphatic heterocycles. The first-order valence-corrected chi connectivity index (χ1v) is 6.95. The van der Waals surface area contributed by atoms with E-state index in [9.17, 15) is 0 Å². The molecule has 18 heavy (non-hydrogen) atoms. The number of ether oxygens (including phenoxy) is 1. The fourth-order valence-corrected chi connectivity index (χ4v) is 1.99. The summed E-state index contributed by atoms with van der Waals surface area (Å²) in [5.74, 6) is 0.945. The van der Waals surface area contributed by atoms with Crippen molar-refractivity contribution >= 4 is 0 Å². The number of hydrogen-bond donors (Lipinski definition) is 2. The first kappa shape index (κ1) is 13.4. The van der Waals surface area contributed by atoms with Gasteiger partial charge < -0.3 is 15.4 Å². The van der Waals surface area contributed by atoms with E-state index in [0.29, 0.717) is 0 Å². The summed E-state index contributed by atoms with van der Waals surface area (Å²) in [6.07, 6.45) is 5.04. The van der Waals surface area contributed by atoms with Crippen LogP contribution >= 0.6 is 0 Å². The topological polar surface area (TPSA) is 33.3 Å². The second kappa shape index (κ2) is 7.39. The van der Waals surface area contributed by atoms with Crippen LogP contribution in [-0.2, 0) is 6.42 Å². The van der Waals surface area contributed by atoms with Crippen molar-refractivity contribution in [2.24, 2.45) is 0 Å². The zero-order chi connectivity index (χ0) is 12.6. The van der Waals surface area contributed by atoms with Crippen LogP contribution in [0.5, 0.6) is 5.75 Å². The van der Waals surface area contributed by atoms with Gasteiger partial charge in [0.25, 0.3) is 0 Å². The zero-order valence-corrected chi connectivity index (χ0v) is 11.2. The van der Waals surface area contributed by atoms with E-state index in [1.54, 1.807) is 7.11 Å². The highest BCUT2D eigenvalue weighted by molar-refractivity contribution is 5.28. The molecule has 0 spiro atoms. The lowest BCUT2D eigenvalue weighted by Gasteiger charge is -2.07. The average Bonchev–Trinajstić information content (AvgIpc) is 3.22. The van der Waals surface area contributed by atoms with Crippen molar-refractivity contribution in [1.29, 1.82) is 0 Å². The number of benzene rings is 1. The van der Waals surface area contributed by atoms with Crippen molar-refractivity contribution in [3.05, 3.63) is 29.8 Å². The molecule has 0 unspecified atom stereocenters. The molecule has 2 N–H and O–H groups in total. The fourth-order valence-electron chi connectivity index (χ4n) is 1.99. The highest BCUT2D eigenvalue weighted by Gasteiger charge is 2.19. The molecule has 0 amide bonds. The number of methoxy groups -OCH3 is 1. The molecule has 1 saturated carbocycles. The second-order valence-corrected chi connectivity index (χ2v) is 4.93. The quantitative estimate of drug-likeness (QED) is 0.656. The molecule has 0 heterocycles. The molecule has 100 valence electrons.